The van der Waals surface area contributed by atoms with Gasteiger partial charge in [-0.2, -0.15) is 5.10 Å². The van der Waals surface area contributed by atoms with Gasteiger partial charge in [0, 0.05) is 23.9 Å². The molecule has 0 fully saturated rings. The molecule has 0 aliphatic heterocycles. The van der Waals surface area contributed by atoms with Crippen LogP contribution in [0.25, 0.3) is 10.2 Å². The molecule has 23 heavy (non-hydrogen) atoms. The molecule has 0 saturated carbocycles. The highest BCUT2D eigenvalue weighted by Crippen LogP contribution is 2.25. The lowest BCUT2D eigenvalue weighted by Gasteiger charge is -2.13. The molecule has 0 spiro atoms. The zero-order valence-corrected chi connectivity index (χ0v) is 14.3. The van der Waals surface area contributed by atoms with Gasteiger partial charge in [-0.3, -0.25) is 9.48 Å². The average molecular weight is 332 g/mol. The van der Waals surface area contributed by atoms with Gasteiger partial charge in [-0.05, 0) is 26.3 Å². The van der Waals surface area contributed by atoms with Gasteiger partial charge in [-0.1, -0.05) is 0 Å². The number of thiophene rings is 1. The third-order valence-electron chi connectivity index (χ3n) is 3.87. The summed E-state index contributed by atoms with van der Waals surface area (Å²) in [6, 6.07) is 0.262. The molecule has 0 aromatic carbocycles. The maximum atomic E-state index is 12.2. The standard InChI is InChI=1S/C15H20N6OS/c1-9(6-21-8-16-7-18-21)17-5-4-12-19-14(22)13-10(2)11(3)23-15(13)20-12/h7-9,17H,4-6H2,1-3H3,(H,19,20,22)/t9-/m0/s1. The maximum Gasteiger partial charge on any atom is 0.259 e. The second kappa shape index (κ2) is 6.59. The summed E-state index contributed by atoms with van der Waals surface area (Å²) < 4.78 is 1.79. The molecule has 1 atom stereocenters. The zero-order valence-electron chi connectivity index (χ0n) is 13.5. The predicted molar refractivity (Wildman–Crippen MR) is 90.9 cm³/mol. The Hall–Kier alpha value is -2.06. The van der Waals surface area contributed by atoms with E-state index in [1.165, 1.54) is 6.33 Å². The smallest absolute Gasteiger partial charge is 0.259 e. The van der Waals surface area contributed by atoms with Crippen molar-refractivity contribution in [2.45, 2.75) is 39.8 Å². The van der Waals surface area contributed by atoms with Gasteiger partial charge in [0.05, 0.1) is 11.9 Å². The lowest BCUT2D eigenvalue weighted by molar-refractivity contribution is 0.452. The molecule has 0 aliphatic carbocycles. The minimum absolute atomic E-state index is 0.0393. The molecular formula is C15H20N6OS. The van der Waals surface area contributed by atoms with E-state index in [0.29, 0.717) is 6.42 Å². The van der Waals surface area contributed by atoms with E-state index in [0.717, 1.165) is 39.6 Å². The zero-order chi connectivity index (χ0) is 16.4. The number of hydrogen-bond acceptors (Lipinski definition) is 6. The van der Waals surface area contributed by atoms with Crippen LogP contribution in [-0.4, -0.2) is 37.3 Å². The van der Waals surface area contributed by atoms with Gasteiger partial charge in [0.25, 0.3) is 5.56 Å². The summed E-state index contributed by atoms with van der Waals surface area (Å²) in [6.07, 6.45) is 3.91. The van der Waals surface area contributed by atoms with Crippen molar-refractivity contribution in [2.75, 3.05) is 6.54 Å². The van der Waals surface area contributed by atoms with Crippen molar-refractivity contribution in [2.24, 2.45) is 0 Å². The first kappa shape index (κ1) is 15.8. The van der Waals surface area contributed by atoms with Crippen LogP contribution in [0.4, 0.5) is 0 Å². The minimum atomic E-state index is -0.0393. The molecule has 3 aromatic heterocycles. The summed E-state index contributed by atoms with van der Waals surface area (Å²) in [5.41, 5.74) is 0.993. The van der Waals surface area contributed by atoms with Crippen LogP contribution < -0.4 is 10.9 Å². The number of aromatic amines is 1. The van der Waals surface area contributed by atoms with Gasteiger partial charge in [0.15, 0.2) is 0 Å². The summed E-state index contributed by atoms with van der Waals surface area (Å²) >= 11 is 1.58. The lowest BCUT2D eigenvalue weighted by atomic mass is 10.2. The van der Waals surface area contributed by atoms with E-state index in [9.17, 15) is 4.79 Å². The van der Waals surface area contributed by atoms with E-state index in [1.54, 1.807) is 22.3 Å². The summed E-state index contributed by atoms with van der Waals surface area (Å²) in [4.78, 5) is 25.6. The van der Waals surface area contributed by atoms with Crippen molar-refractivity contribution < 1.29 is 0 Å². The fourth-order valence-corrected chi connectivity index (χ4v) is 3.58. The minimum Gasteiger partial charge on any atom is -0.312 e. The Morgan fingerprint density at radius 1 is 1.43 bits per heavy atom. The first-order valence-corrected chi connectivity index (χ1v) is 8.41. The predicted octanol–water partition coefficient (Wildman–Crippen LogP) is 1.41. The van der Waals surface area contributed by atoms with Crippen molar-refractivity contribution >= 4 is 21.6 Å². The van der Waals surface area contributed by atoms with E-state index < -0.39 is 0 Å². The molecule has 0 saturated heterocycles. The molecule has 7 nitrogen and oxygen atoms in total. The molecule has 0 amide bonds. The van der Waals surface area contributed by atoms with Crippen LogP contribution in [-0.2, 0) is 13.0 Å². The largest absolute Gasteiger partial charge is 0.312 e. The van der Waals surface area contributed by atoms with Crippen LogP contribution in [0.2, 0.25) is 0 Å². The van der Waals surface area contributed by atoms with Crippen molar-refractivity contribution in [3.05, 3.63) is 39.3 Å². The maximum absolute atomic E-state index is 12.2. The van der Waals surface area contributed by atoms with Crippen LogP contribution in [0.1, 0.15) is 23.2 Å². The normalized spacial score (nSPS) is 12.8. The summed E-state index contributed by atoms with van der Waals surface area (Å²) in [5, 5.41) is 8.22. The van der Waals surface area contributed by atoms with Gasteiger partial charge in [0.2, 0.25) is 0 Å². The van der Waals surface area contributed by atoms with Gasteiger partial charge in [-0.15, -0.1) is 11.3 Å². The molecular weight excluding hydrogens is 312 g/mol. The number of aryl methyl sites for hydroxylation is 2. The van der Waals surface area contributed by atoms with Crippen molar-refractivity contribution in [1.82, 2.24) is 30.0 Å². The van der Waals surface area contributed by atoms with E-state index in [4.69, 9.17) is 0 Å². The van der Waals surface area contributed by atoms with Crippen LogP contribution in [0, 0.1) is 13.8 Å². The quantitative estimate of drug-likeness (QED) is 0.712. The Balaban J connectivity index is 1.62. The van der Waals surface area contributed by atoms with Crippen molar-refractivity contribution in [3.63, 3.8) is 0 Å². The molecule has 3 rings (SSSR count). The van der Waals surface area contributed by atoms with Crippen LogP contribution in [0.15, 0.2) is 17.4 Å². The van der Waals surface area contributed by atoms with Crippen LogP contribution >= 0.6 is 11.3 Å². The monoisotopic (exact) mass is 332 g/mol. The van der Waals surface area contributed by atoms with E-state index in [2.05, 4.69) is 32.3 Å². The molecule has 0 bridgehead atoms. The number of rotatable bonds is 6. The Bertz CT molecular complexity index is 851. The molecule has 0 unspecified atom stereocenters. The highest BCUT2D eigenvalue weighted by Gasteiger charge is 2.12. The number of aromatic nitrogens is 5. The first-order chi connectivity index (χ1) is 11.0. The summed E-state index contributed by atoms with van der Waals surface area (Å²) in [5.74, 6) is 0.726. The van der Waals surface area contributed by atoms with Crippen LogP contribution in [0.3, 0.4) is 0 Å². The van der Waals surface area contributed by atoms with E-state index in [-0.39, 0.29) is 11.6 Å². The second-order valence-corrected chi connectivity index (χ2v) is 6.90. The molecule has 8 heteroatoms. The van der Waals surface area contributed by atoms with Gasteiger partial charge in [-0.25, -0.2) is 9.97 Å². The van der Waals surface area contributed by atoms with Crippen molar-refractivity contribution in [3.8, 4) is 0 Å². The number of nitrogens with zero attached hydrogens (tertiary/aromatic N) is 4. The van der Waals surface area contributed by atoms with Crippen LogP contribution in [0.5, 0.6) is 0 Å². The first-order valence-electron chi connectivity index (χ1n) is 7.59. The molecule has 0 radical (unpaired) electrons. The molecule has 0 aliphatic rings. The van der Waals surface area contributed by atoms with Gasteiger partial charge >= 0.3 is 0 Å². The van der Waals surface area contributed by atoms with Gasteiger partial charge < -0.3 is 10.3 Å². The number of nitrogens with one attached hydrogen (secondary N) is 2. The molecule has 122 valence electrons. The number of fused-ring (bicyclic) bond motifs is 1. The Labute approximate surface area is 137 Å². The van der Waals surface area contributed by atoms with Crippen molar-refractivity contribution in [1.29, 1.82) is 0 Å². The fourth-order valence-electron chi connectivity index (χ4n) is 2.53. The molecule has 2 N–H and O–H groups in total. The van der Waals surface area contributed by atoms with E-state index in [1.807, 2.05) is 13.8 Å². The second-order valence-electron chi connectivity index (χ2n) is 5.70. The average Bonchev–Trinajstić information content (AvgIpc) is 3.08. The summed E-state index contributed by atoms with van der Waals surface area (Å²) in [6.45, 7) is 7.58. The lowest BCUT2D eigenvalue weighted by Crippen LogP contribution is -2.32. The highest BCUT2D eigenvalue weighted by atomic mass is 32.1. The summed E-state index contributed by atoms with van der Waals surface area (Å²) in [7, 11) is 0. The third-order valence-corrected chi connectivity index (χ3v) is 4.97. The third kappa shape index (κ3) is 3.48. The SMILES string of the molecule is Cc1sc2nc(CCN[C@@H](C)Cn3cncn3)[nH]c(=O)c2c1C. The molecule has 3 aromatic rings. The highest BCUT2D eigenvalue weighted by molar-refractivity contribution is 7.18. The Morgan fingerprint density at radius 2 is 2.26 bits per heavy atom. The van der Waals surface area contributed by atoms with Gasteiger partial charge in [0.1, 0.15) is 23.3 Å². The fraction of sp³-hybridized carbons (Fsp3) is 0.467. The topological polar surface area (TPSA) is 88.5 Å². The molecule has 3 heterocycles. The Morgan fingerprint density at radius 3 is 3.00 bits per heavy atom. The Kier molecular flexibility index (Phi) is 4.53. The van der Waals surface area contributed by atoms with E-state index >= 15 is 0 Å². The number of hydrogen-bond donors (Lipinski definition) is 2. The number of H-pyrrole nitrogens is 1.